The number of aliphatic hydroxyl groups excluding tert-OH is 1. The van der Waals surface area contributed by atoms with Gasteiger partial charge in [-0.15, -0.1) is 0 Å². The standard InChI is InChI=1S/C21H22F2N2O3/c1-21(2)10-17(13-6-7-15(22)18(23)19(13)28-21)25-20(27)24-16-5-3-4-11-8-12(26)9-14(11)16/h3-7,12,17,26H,8-10H2,1-2H3,(H2,24,25,27)/t12-,17-/m1/s1. The summed E-state index contributed by atoms with van der Waals surface area (Å²) in [6.07, 6.45) is 1.02. The molecule has 148 valence electrons. The molecule has 2 aromatic carbocycles. The third-order valence-corrected chi connectivity index (χ3v) is 5.25. The summed E-state index contributed by atoms with van der Waals surface area (Å²) in [6, 6.07) is 7.04. The number of hydrogen-bond acceptors (Lipinski definition) is 3. The number of benzene rings is 2. The maximum Gasteiger partial charge on any atom is 0.319 e. The van der Waals surface area contributed by atoms with Gasteiger partial charge in [-0.3, -0.25) is 0 Å². The van der Waals surface area contributed by atoms with Crippen LogP contribution in [0.15, 0.2) is 30.3 Å². The van der Waals surface area contributed by atoms with Crippen molar-refractivity contribution in [1.29, 1.82) is 0 Å². The number of rotatable bonds is 2. The van der Waals surface area contributed by atoms with Gasteiger partial charge in [0.05, 0.1) is 12.1 Å². The highest BCUT2D eigenvalue weighted by Gasteiger charge is 2.37. The predicted molar refractivity (Wildman–Crippen MR) is 100 cm³/mol. The Kier molecular flexibility index (Phi) is 4.50. The Morgan fingerprint density at radius 1 is 1.21 bits per heavy atom. The van der Waals surface area contributed by atoms with E-state index in [4.69, 9.17) is 4.74 Å². The second-order valence-corrected chi connectivity index (χ2v) is 8.00. The van der Waals surface area contributed by atoms with Crippen LogP contribution in [0, 0.1) is 11.6 Å². The molecule has 0 unspecified atom stereocenters. The second kappa shape index (κ2) is 6.74. The van der Waals surface area contributed by atoms with Crippen LogP contribution in [0.5, 0.6) is 5.75 Å². The topological polar surface area (TPSA) is 70.6 Å². The van der Waals surface area contributed by atoms with Crippen molar-refractivity contribution in [2.45, 2.75) is 50.9 Å². The molecule has 0 bridgehead atoms. The normalized spacial score (nSPS) is 22.0. The van der Waals surface area contributed by atoms with Crippen LogP contribution in [0.4, 0.5) is 19.3 Å². The third kappa shape index (κ3) is 3.42. The maximum absolute atomic E-state index is 14.2. The molecule has 0 aromatic heterocycles. The van der Waals surface area contributed by atoms with Crippen LogP contribution in [-0.4, -0.2) is 22.8 Å². The minimum Gasteiger partial charge on any atom is -0.484 e. The van der Waals surface area contributed by atoms with E-state index in [-0.39, 0.29) is 5.75 Å². The van der Waals surface area contributed by atoms with Crippen LogP contribution in [-0.2, 0) is 12.8 Å². The average Bonchev–Trinajstić information content (AvgIpc) is 2.99. The Balaban J connectivity index is 1.56. The van der Waals surface area contributed by atoms with Crippen molar-refractivity contribution >= 4 is 11.7 Å². The van der Waals surface area contributed by atoms with E-state index < -0.39 is 35.4 Å². The Morgan fingerprint density at radius 3 is 2.79 bits per heavy atom. The van der Waals surface area contributed by atoms with Crippen molar-refractivity contribution in [2.24, 2.45) is 0 Å². The first-order chi connectivity index (χ1) is 13.2. The van der Waals surface area contributed by atoms with Gasteiger partial charge in [0.1, 0.15) is 5.60 Å². The van der Waals surface area contributed by atoms with Gasteiger partial charge in [0, 0.05) is 24.1 Å². The summed E-state index contributed by atoms with van der Waals surface area (Å²) >= 11 is 0. The average molecular weight is 388 g/mol. The van der Waals surface area contributed by atoms with Crippen LogP contribution in [0.1, 0.15) is 43.0 Å². The molecule has 4 rings (SSSR count). The van der Waals surface area contributed by atoms with Gasteiger partial charge < -0.3 is 20.5 Å². The summed E-state index contributed by atoms with van der Waals surface area (Å²) < 4.78 is 33.5. The van der Waals surface area contributed by atoms with Crippen LogP contribution in [0.2, 0.25) is 0 Å². The molecular formula is C21H22F2N2O3. The maximum atomic E-state index is 14.2. The Labute approximate surface area is 161 Å². The van der Waals surface area contributed by atoms with Crippen molar-refractivity contribution in [3.63, 3.8) is 0 Å². The molecule has 0 saturated heterocycles. The van der Waals surface area contributed by atoms with Gasteiger partial charge in [0.15, 0.2) is 11.6 Å². The van der Waals surface area contributed by atoms with Crippen molar-refractivity contribution in [2.75, 3.05) is 5.32 Å². The number of hydrogen-bond donors (Lipinski definition) is 3. The number of anilines is 1. The summed E-state index contributed by atoms with van der Waals surface area (Å²) in [4.78, 5) is 12.6. The molecule has 0 spiro atoms. The lowest BCUT2D eigenvalue weighted by molar-refractivity contribution is 0.0619. The number of carbonyl (C=O) groups excluding carboxylic acids is 1. The molecule has 1 aliphatic heterocycles. The molecule has 3 N–H and O–H groups in total. The van der Waals surface area contributed by atoms with Crippen molar-refractivity contribution in [3.8, 4) is 5.75 Å². The molecule has 1 aliphatic carbocycles. The zero-order valence-corrected chi connectivity index (χ0v) is 15.7. The molecule has 2 atom stereocenters. The SMILES string of the molecule is CC1(C)C[C@@H](NC(=O)Nc2cccc3c2C[C@H](O)C3)c2ccc(F)c(F)c2O1. The van der Waals surface area contributed by atoms with Crippen molar-refractivity contribution in [1.82, 2.24) is 5.32 Å². The summed E-state index contributed by atoms with van der Waals surface area (Å²) in [5, 5.41) is 15.5. The summed E-state index contributed by atoms with van der Waals surface area (Å²) in [5.74, 6) is -2.20. The first kappa shape index (κ1) is 18.7. The summed E-state index contributed by atoms with van der Waals surface area (Å²) in [7, 11) is 0. The van der Waals surface area contributed by atoms with E-state index in [1.807, 2.05) is 12.1 Å². The smallest absolute Gasteiger partial charge is 0.319 e. The van der Waals surface area contributed by atoms with Gasteiger partial charge in [-0.1, -0.05) is 18.2 Å². The van der Waals surface area contributed by atoms with E-state index in [9.17, 15) is 18.7 Å². The molecule has 7 heteroatoms. The molecule has 5 nitrogen and oxygen atoms in total. The molecule has 2 aromatic rings. The van der Waals surface area contributed by atoms with Crippen molar-refractivity contribution < 1.29 is 23.4 Å². The third-order valence-electron chi connectivity index (χ3n) is 5.25. The molecule has 2 amide bonds. The van der Waals surface area contributed by atoms with Gasteiger partial charge in [-0.2, -0.15) is 4.39 Å². The summed E-state index contributed by atoms with van der Waals surface area (Å²) in [6.45, 7) is 3.52. The number of nitrogens with one attached hydrogen (secondary N) is 2. The second-order valence-electron chi connectivity index (χ2n) is 8.00. The number of aliphatic hydroxyl groups is 1. The highest BCUT2D eigenvalue weighted by Crippen LogP contribution is 2.41. The van der Waals surface area contributed by atoms with E-state index in [1.54, 1.807) is 19.9 Å². The highest BCUT2D eigenvalue weighted by atomic mass is 19.2. The minimum absolute atomic E-state index is 0.162. The molecule has 28 heavy (non-hydrogen) atoms. The lowest BCUT2D eigenvalue weighted by Gasteiger charge is -2.38. The number of halogens is 2. The molecule has 0 fully saturated rings. The fraction of sp³-hybridized carbons (Fsp3) is 0.381. The van der Waals surface area contributed by atoms with Crippen LogP contribution in [0.3, 0.4) is 0 Å². The quantitative estimate of drug-likeness (QED) is 0.732. The van der Waals surface area contributed by atoms with E-state index in [0.717, 1.165) is 17.2 Å². The number of fused-ring (bicyclic) bond motifs is 2. The van der Waals surface area contributed by atoms with Gasteiger partial charge in [-0.25, -0.2) is 9.18 Å². The van der Waals surface area contributed by atoms with Crippen molar-refractivity contribution in [3.05, 3.63) is 58.7 Å². The minimum atomic E-state index is -1.05. The first-order valence-electron chi connectivity index (χ1n) is 9.27. The predicted octanol–water partition coefficient (Wildman–Crippen LogP) is 3.85. The number of carbonyl (C=O) groups is 1. The Morgan fingerprint density at radius 2 is 2.00 bits per heavy atom. The van der Waals surface area contributed by atoms with Crippen LogP contribution in [0.25, 0.3) is 0 Å². The Bertz CT molecular complexity index is 945. The molecule has 0 radical (unpaired) electrons. The number of amides is 2. The number of urea groups is 1. The van der Waals surface area contributed by atoms with E-state index >= 15 is 0 Å². The van der Waals surface area contributed by atoms with Gasteiger partial charge >= 0.3 is 6.03 Å². The summed E-state index contributed by atoms with van der Waals surface area (Å²) in [5.41, 5.74) is 2.22. The fourth-order valence-electron chi connectivity index (χ4n) is 4.04. The molecule has 2 aliphatic rings. The molecular weight excluding hydrogens is 366 g/mol. The van der Waals surface area contributed by atoms with E-state index in [1.165, 1.54) is 6.07 Å². The largest absolute Gasteiger partial charge is 0.484 e. The fourth-order valence-corrected chi connectivity index (χ4v) is 4.04. The monoisotopic (exact) mass is 388 g/mol. The molecule has 1 heterocycles. The zero-order chi connectivity index (χ0) is 20.1. The Hall–Kier alpha value is -2.67. The molecule has 0 saturated carbocycles. The first-order valence-corrected chi connectivity index (χ1v) is 9.27. The lowest BCUT2D eigenvalue weighted by Crippen LogP contribution is -2.43. The van der Waals surface area contributed by atoms with E-state index in [0.29, 0.717) is 30.5 Å². The van der Waals surface area contributed by atoms with Gasteiger partial charge in [-0.05, 0) is 43.5 Å². The van der Waals surface area contributed by atoms with Gasteiger partial charge in [0.25, 0.3) is 0 Å². The van der Waals surface area contributed by atoms with Crippen LogP contribution < -0.4 is 15.4 Å². The van der Waals surface area contributed by atoms with E-state index in [2.05, 4.69) is 10.6 Å². The highest BCUT2D eigenvalue weighted by molar-refractivity contribution is 5.90. The van der Waals surface area contributed by atoms with Crippen LogP contribution >= 0.6 is 0 Å². The zero-order valence-electron chi connectivity index (χ0n) is 15.7. The van der Waals surface area contributed by atoms with Gasteiger partial charge in [0.2, 0.25) is 5.82 Å². The number of ether oxygens (including phenoxy) is 1. The lowest BCUT2D eigenvalue weighted by atomic mass is 9.89.